The largest absolute Gasteiger partial charge is 0.453 e. The maximum atomic E-state index is 15.3. The van der Waals surface area contributed by atoms with E-state index in [4.69, 9.17) is 4.74 Å². The van der Waals surface area contributed by atoms with Gasteiger partial charge >= 0.3 is 0 Å². The maximum absolute atomic E-state index is 15.3. The number of imidazole rings is 1. The Labute approximate surface area is 236 Å². The molecule has 0 spiro atoms. The average molecular weight is 577 g/mol. The second-order valence-corrected chi connectivity index (χ2v) is 12.7. The number of fused-ring (bicyclic) bond motifs is 1. The highest BCUT2D eigenvalue weighted by Gasteiger charge is 2.19. The lowest BCUT2D eigenvalue weighted by Gasteiger charge is -2.18. The number of aryl methyl sites for hydroxylation is 1. The van der Waals surface area contributed by atoms with Crippen LogP contribution in [0.3, 0.4) is 0 Å². The summed E-state index contributed by atoms with van der Waals surface area (Å²) in [6.07, 6.45) is 9.26. The zero-order valence-electron chi connectivity index (χ0n) is 23.0. The van der Waals surface area contributed by atoms with Crippen LogP contribution in [-0.4, -0.2) is 38.6 Å². The maximum Gasteiger partial charge on any atom is 0.228 e. The van der Waals surface area contributed by atoms with Gasteiger partial charge in [-0.05, 0) is 69.2 Å². The minimum absolute atomic E-state index is 0.0280. The smallest absolute Gasteiger partial charge is 0.228 e. The quantitative estimate of drug-likeness (QED) is 0.268. The number of carbonyl (C=O) groups excluding carboxylic acids is 1. The number of pyridine rings is 1. The molecule has 0 aliphatic carbocycles. The molecule has 0 fully saturated rings. The first-order valence-corrected chi connectivity index (χ1v) is 14.4. The van der Waals surface area contributed by atoms with Gasteiger partial charge in [0.05, 0.1) is 40.6 Å². The van der Waals surface area contributed by atoms with E-state index in [9.17, 15) is 13.2 Å². The van der Waals surface area contributed by atoms with Crippen molar-refractivity contribution < 1.29 is 22.3 Å². The molecule has 1 N–H and O–H groups in total. The molecule has 0 saturated carbocycles. The van der Waals surface area contributed by atoms with E-state index in [-0.39, 0.29) is 40.1 Å². The lowest BCUT2D eigenvalue weighted by atomic mass is 10.1. The van der Waals surface area contributed by atoms with Crippen LogP contribution in [0.5, 0.6) is 11.5 Å². The van der Waals surface area contributed by atoms with Gasteiger partial charge in [0.1, 0.15) is 11.6 Å². The number of carbonyl (C=O) groups is 1. The minimum atomic E-state index is -3.70. The molecule has 0 aliphatic heterocycles. The van der Waals surface area contributed by atoms with Crippen LogP contribution >= 0.6 is 0 Å². The molecule has 5 aromatic rings. The molecule has 10 nitrogen and oxygen atoms in total. The zero-order valence-corrected chi connectivity index (χ0v) is 23.8. The van der Waals surface area contributed by atoms with Crippen LogP contribution in [0.15, 0.2) is 78.6 Å². The summed E-state index contributed by atoms with van der Waals surface area (Å²) in [7, 11) is -3.70. The van der Waals surface area contributed by atoms with Crippen molar-refractivity contribution in [2.75, 3.05) is 5.32 Å². The number of nitrogens with one attached hydrogen (secondary N) is 1. The molecule has 0 saturated heterocycles. The summed E-state index contributed by atoms with van der Waals surface area (Å²) < 4.78 is 50.5. The number of nitrogens with zero attached hydrogens (tertiary/aromatic N) is 5. The number of hydrogen-bond acceptors (Lipinski definition) is 7. The third kappa shape index (κ3) is 6.27. The fourth-order valence-corrected chi connectivity index (χ4v) is 5.57. The molecule has 212 valence electrons. The Kier molecular flexibility index (Phi) is 7.35. The van der Waals surface area contributed by atoms with Crippen LogP contribution in [0, 0.1) is 12.7 Å². The van der Waals surface area contributed by atoms with E-state index in [0.717, 1.165) is 0 Å². The van der Waals surface area contributed by atoms with Crippen molar-refractivity contribution in [2.45, 2.75) is 50.4 Å². The number of rotatable bonds is 8. The fourth-order valence-electron chi connectivity index (χ4n) is 4.30. The first kappa shape index (κ1) is 28.0. The van der Waals surface area contributed by atoms with Gasteiger partial charge in [-0.1, -0.05) is 6.07 Å². The highest BCUT2D eigenvalue weighted by molar-refractivity contribution is 7.90. The molecule has 0 aliphatic rings. The van der Waals surface area contributed by atoms with Crippen LogP contribution < -0.4 is 10.1 Å². The van der Waals surface area contributed by atoms with Gasteiger partial charge in [0.25, 0.3) is 0 Å². The van der Waals surface area contributed by atoms with E-state index in [1.807, 2.05) is 20.8 Å². The van der Waals surface area contributed by atoms with Crippen molar-refractivity contribution >= 4 is 32.3 Å². The molecular weight excluding hydrogens is 547 g/mol. The van der Waals surface area contributed by atoms with E-state index >= 15 is 4.39 Å². The number of anilines is 1. The van der Waals surface area contributed by atoms with E-state index in [1.54, 1.807) is 48.4 Å². The molecule has 3 heterocycles. The Morgan fingerprint density at radius 1 is 1.12 bits per heavy atom. The second kappa shape index (κ2) is 10.8. The zero-order chi connectivity index (χ0) is 29.4. The Morgan fingerprint density at radius 3 is 2.61 bits per heavy atom. The highest BCUT2D eigenvalue weighted by atomic mass is 32.2. The molecular formula is C29H29FN6O4S. The van der Waals surface area contributed by atoms with Crippen LogP contribution in [0.1, 0.15) is 31.9 Å². The van der Waals surface area contributed by atoms with Gasteiger partial charge in [-0.3, -0.25) is 14.5 Å². The van der Waals surface area contributed by atoms with Gasteiger partial charge in [0, 0.05) is 30.2 Å². The van der Waals surface area contributed by atoms with E-state index < -0.39 is 15.7 Å². The summed E-state index contributed by atoms with van der Waals surface area (Å²) in [5.74, 6) is -1.02. The van der Waals surface area contributed by atoms with Gasteiger partial charge in [-0.15, -0.1) is 0 Å². The van der Waals surface area contributed by atoms with Crippen molar-refractivity contribution in [1.29, 1.82) is 0 Å². The van der Waals surface area contributed by atoms with Crippen molar-refractivity contribution in [3.63, 3.8) is 0 Å². The van der Waals surface area contributed by atoms with Crippen LogP contribution in [0.4, 0.5) is 10.1 Å². The summed E-state index contributed by atoms with van der Waals surface area (Å²) in [6.45, 7) is 7.68. The van der Waals surface area contributed by atoms with E-state index in [1.165, 1.54) is 41.5 Å². The summed E-state index contributed by atoms with van der Waals surface area (Å²) in [5, 5.41) is 7.47. The Balaban J connectivity index is 1.36. The lowest BCUT2D eigenvalue weighted by molar-refractivity contribution is -0.115. The molecule has 0 unspecified atom stereocenters. The number of sulfone groups is 1. The second-order valence-electron chi connectivity index (χ2n) is 10.7. The van der Waals surface area contributed by atoms with Gasteiger partial charge in [-0.25, -0.2) is 17.8 Å². The number of amides is 1. The standard InChI is InChI=1S/C29H29FN6O4S/c1-19-11-20(13-27(37)34-21-15-33-36(16-21)29(2,3)4)12-24(30)28(19)40-26-7-8-32-25-6-5-22(14-23(25)26)41(38,39)18-35-10-9-31-17-35/h5-12,14-17H,13,18H2,1-4H3,(H,34,37). The molecule has 12 heteroatoms. The SMILES string of the molecule is Cc1cc(CC(=O)Nc2cnn(C(C)(C)C)c2)cc(F)c1Oc1ccnc2ccc(S(=O)(=O)Cn3ccnc3)cc12. The monoisotopic (exact) mass is 576 g/mol. The molecule has 0 atom stereocenters. The number of benzene rings is 2. The first-order chi connectivity index (χ1) is 19.4. The molecule has 41 heavy (non-hydrogen) atoms. The van der Waals surface area contributed by atoms with Gasteiger partial charge in [0.15, 0.2) is 21.4 Å². The van der Waals surface area contributed by atoms with Crippen molar-refractivity contribution in [3.05, 3.63) is 90.7 Å². The molecule has 2 aromatic carbocycles. The highest BCUT2D eigenvalue weighted by Crippen LogP contribution is 2.34. The third-order valence-corrected chi connectivity index (χ3v) is 7.94. The Hall–Kier alpha value is -4.58. The van der Waals surface area contributed by atoms with Crippen molar-refractivity contribution in [1.82, 2.24) is 24.3 Å². The van der Waals surface area contributed by atoms with Gasteiger partial charge in [-0.2, -0.15) is 5.10 Å². The van der Waals surface area contributed by atoms with Crippen LogP contribution in [-0.2, 0) is 32.5 Å². The third-order valence-electron chi connectivity index (χ3n) is 6.33. The summed E-state index contributed by atoms with van der Waals surface area (Å²) in [6, 6.07) is 9.01. The molecule has 1 amide bonds. The minimum Gasteiger partial charge on any atom is -0.453 e. The van der Waals surface area contributed by atoms with Crippen molar-refractivity contribution in [3.8, 4) is 11.5 Å². The molecule has 0 radical (unpaired) electrons. The molecule has 5 rings (SSSR count). The fraction of sp³-hybridized carbons (Fsp3) is 0.241. The Bertz CT molecular complexity index is 1820. The molecule has 3 aromatic heterocycles. The normalized spacial score (nSPS) is 12.0. The predicted molar refractivity (Wildman–Crippen MR) is 152 cm³/mol. The number of halogens is 1. The predicted octanol–water partition coefficient (Wildman–Crippen LogP) is 5.24. The first-order valence-electron chi connectivity index (χ1n) is 12.8. The number of aromatic nitrogens is 5. The van der Waals surface area contributed by atoms with Gasteiger partial charge < -0.3 is 14.6 Å². The summed E-state index contributed by atoms with van der Waals surface area (Å²) >= 11 is 0. The molecule has 0 bridgehead atoms. The van der Waals surface area contributed by atoms with Crippen LogP contribution in [0.2, 0.25) is 0 Å². The van der Waals surface area contributed by atoms with Crippen molar-refractivity contribution in [2.24, 2.45) is 0 Å². The average Bonchev–Trinajstić information content (AvgIpc) is 3.58. The topological polar surface area (TPSA) is 121 Å². The van der Waals surface area contributed by atoms with Crippen LogP contribution in [0.25, 0.3) is 10.9 Å². The number of hydrogen-bond donors (Lipinski definition) is 1. The summed E-state index contributed by atoms with van der Waals surface area (Å²) in [5.41, 5.74) is 1.76. The Morgan fingerprint density at radius 2 is 1.93 bits per heavy atom. The van der Waals surface area contributed by atoms with Gasteiger partial charge in [0.2, 0.25) is 5.91 Å². The lowest BCUT2D eigenvalue weighted by Crippen LogP contribution is -2.22. The van der Waals surface area contributed by atoms with E-state index in [0.29, 0.717) is 27.7 Å². The summed E-state index contributed by atoms with van der Waals surface area (Å²) in [4.78, 5) is 20.9. The number of ether oxygens (including phenoxy) is 1. The van der Waals surface area contributed by atoms with E-state index in [2.05, 4.69) is 20.4 Å².